The summed E-state index contributed by atoms with van der Waals surface area (Å²) in [5.41, 5.74) is -4.84. The Morgan fingerprint density at radius 1 is 0.778 bits per heavy atom. The van der Waals surface area contributed by atoms with Crippen molar-refractivity contribution >= 4 is 5.69 Å². The molecule has 0 fully saturated rings. The van der Waals surface area contributed by atoms with Crippen LogP contribution in [0.4, 0.5) is 32.0 Å². The number of rotatable bonds is 4. The standard InChI is InChI=1S/C17H15F6NO.C2H6/c1-24(11-12-5-3-2-4-6-12)14-9-7-13(8-10-14)15(25,16(18,19)20)17(21,22)23;1-2/h2-10,25H,11H2,1H3;1-2H3. The minimum absolute atomic E-state index is 0.416. The highest BCUT2D eigenvalue weighted by molar-refractivity contribution is 5.48. The van der Waals surface area contributed by atoms with E-state index in [-0.39, 0.29) is 0 Å². The van der Waals surface area contributed by atoms with E-state index in [0.717, 1.165) is 17.7 Å². The molecule has 150 valence electrons. The molecule has 0 saturated carbocycles. The van der Waals surface area contributed by atoms with Gasteiger partial charge in [-0.3, -0.25) is 0 Å². The molecule has 0 unspecified atom stereocenters. The fourth-order valence-corrected chi connectivity index (χ4v) is 2.39. The van der Waals surface area contributed by atoms with Crippen LogP contribution in [0.5, 0.6) is 0 Å². The molecule has 27 heavy (non-hydrogen) atoms. The highest BCUT2D eigenvalue weighted by Gasteiger charge is 2.71. The Kier molecular flexibility index (Phi) is 7.31. The summed E-state index contributed by atoms with van der Waals surface area (Å²) in [6, 6.07) is 12.6. The van der Waals surface area contributed by atoms with Crippen LogP contribution in [-0.4, -0.2) is 24.5 Å². The maximum atomic E-state index is 12.9. The van der Waals surface area contributed by atoms with Crippen molar-refractivity contribution in [2.24, 2.45) is 0 Å². The van der Waals surface area contributed by atoms with Crippen LogP contribution in [0.25, 0.3) is 0 Å². The molecule has 2 aromatic carbocycles. The molecule has 2 rings (SSSR count). The van der Waals surface area contributed by atoms with Crippen LogP contribution < -0.4 is 4.90 Å². The lowest BCUT2D eigenvalue weighted by atomic mass is 9.92. The molecule has 0 spiro atoms. The number of nitrogens with zero attached hydrogens (tertiary/aromatic N) is 1. The highest BCUT2D eigenvalue weighted by atomic mass is 19.4. The summed E-state index contributed by atoms with van der Waals surface area (Å²) in [6.07, 6.45) is -11.8. The van der Waals surface area contributed by atoms with Crippen LogP contribution >= 0.6 is 0 Å². The molecular weight excluding hydrogens is 372 g/mol. The van der Waals surface area contributed by atoms with E-state index in [0.29, 0.717) is 24.4 Å². The Morgan fingerprint density at radius 3 is 1.63 bits per heavy atom. The Bertz CT molecular complexity index is 681. The van der Waals surface area contributed by atoms with Crippen molar-refractivity contribution in [3.05, 3.63) is 65.7 Å². The predicted octanol–water partition coefficient (Wildman–Crippen LogP) is 5.66. The number of hydrogen-bond acceptors (Lipinski definition) is 2. The van der Waals surface area contributed by atoms with Crippen LogP contribution in [0.15, 0.2) is 54.6 Å². The van der Waals surface area contributed by atoms with E-state index in [1.807, 2.05) is 44.2 Å². The van der Waals surface area contributed by atoms with Crippen molar-refractivity contribution in [2.45, 2.75) is 38.3 Å². The van der Waals surface area contributed by atoms with E-state index in [1.54, 1.807) is 11.9 Å². The summed E-state index contributed by atoms with van der Waals surface area (Å²) >= 11 is 0. The molecular formula is C19H21F6NO. The summed E-state index contributed by atoms with van der Waals surface area (Å²) in [5, 5.41) is 9.36. The molecule has 0 aromatic heterocycles. The number of hydrogen-bond donors (Lipinski definition) is 1. The quantitative estimate of drug-likeness (QED) is 0.678. The molecule has 8 heteroatoms. The number of alkyl halides is 6. The van der Waals surface area contributed by atoms with Crippen LogP contribution in [0.3, 0.4) is 0 Å². The lowest BCUT2D eigenvalue weighted by Gasteiger charge is -2.33. The van der Waals surface area contributed by atoms with Crippen molar-refractivity contribution < 1.29 is 31.4 Å². The summed E-state index contributed by atoms with van der Waals surface area (Å²) in [7, 11) is 1.65. The summed E-state index contributed by atoms with van der Waals surface area (Å²) < 4.78 is 77.1. The fourth-order valence-electron chi connectivity index (χ4n) is 2.39. The zero-order chi connectivity index (χ0) is 20.9. The molecule has 0 saturated heterocycles. The molecule has 1 N–H and O–H groups in total. The Morgan fingerprint density at radius 2 is 1.22 bits per heavy atom. The van der Waals surface area contributed by atoms with Gasteiger partial charge in [-0.25, -0.2) is 0 Å². The lowest BCUT2D eigenvalue weighted by molar-refractivity contribution is -0.376. The fraction of sp³-hybridized carbons (Fsp3) is 0.368. The second-order valence-electron chi connectivity index (χ2n) is 5.59. The third-order valence-electron chi connectivity index (χ3n) is 3.81. The van der Waals surface area contributed by atoms with Crippen molar-refractivity contribution in [3.8, 4) is 0 Å². The minimum atomic E-state index is -5.89. The van der Waals surface area contributed by atoms with Gasteiger partial charge in [0.2, 0.25) is 0 Å². The highest BCUT2D eigenvalue weighted by Crippen LogP contribution is 2.50. The average Bonchev–Trinajstić information content (AvgIpc) is 2.62. The topological polar surface area (TPSA) is 23.5 Å². The van der Waals surface area contributed by atoms with Gasteiger partial charge in [-0.05, 0) is 17.7 Å². The van der Waals surface area contributed by atoms with Crippen LogP contribution in [0.1, 0.15) is 25.0 Å². The van der Waals surface area contributed by atoms with Crippen molar-refractivity contribution in [3.63, 3.8) is 0 Å². The monoisotopic (exact) mass is 393 g/mol. The van der Waals surface area contributed by atoms with Gasteiger partial charge in [0.25, 0.3) is 5.60 Å². The van der Waals surface area contributed by atoms with Gasteiger partial charge in [0.1, 0.15) is 0 Å². The molecule has 0 aliphatic carbocycles. The van der Waals surface area contributed by atoms with Gasteiger partial charge in [-0.2, -0.15) is 26.3 Å². The Balaban J connectivity index is 0.00000176. The van der Waals surface area contributed by atoms with Gasteiger partial charge in [-0.15, -0.1) is 0 Å². The molecule has 0 bridgehead atoms. The normalized spacial score (nSPS) is 12.2. The van der Waals surface area contributed by atoms with E-state index in [4.69, 9.17) is 0 Å². The number of halogens is 6. The Labute approximate surface area is 154 Å². The zero-order valence-electron chi connectivity index (χ0n) is 15.1. The number of anilines is 1. The zero-order valence-corrected chi connectivity index (χ0v) is 15.1. The van der Waals surface area contributed by atoms with Crippen molar-refractivity contribution in [1.29, 1.82) is 0 Å². The maximum absolute atomic E-state index is 12.9. The average molecular weight is 393 g/mol. The van der Waals surface area contributed by atoms with E-state index in [9.17, 15) is 31.4 Å². The molecule has 2 aromatic rings. The van der Waals surface area contributed by atoms with Gasteiger partial charge >= 0.3 is 12.4 Å². The van der Waals surface area contributed by atoms with Crippen molar-refractivity contribution in [1.82, 2.24) is 0 Å². The molecule has 0 aliphatic heterocycles. The second kappa shape index (κ2) is 8.65. The van der Waals surface area contributed by atoms with Crippen LogP contribution in [0.2, 0.25) is 0 Å². The summed E-state index contributed by atoms with van der Waals surface area (Å²) in [6.45, 7) is 4.42. The van der Waals surface area contributed by atoms with Crippen LogP contribution in [0, 0.1) is 0 Å². The molecule has 0 aliphatic rings. The molecule has 0 amide bonds. The smallest absolute Gasteiger partial charge is 0.370 e. The van der Waals surface area contributed by atoms with Crippen molar-refractivity contribution in [2.75, 3.05) is 11.9 Å². The molecule has 0 heterocycles. The minimum Gasteiger partial charge on any atom is -0.370 e. The van der Waals surface area contributed by atoms with E-state index < -0.39 is 23.5 Å². The van der Waals surface area contributed by atoms with Crippen LogP contribution in [-0.2, 0) is 12.1 Å². The van der Waals surface area contributed by atoms with E-state index >= 15 is 0 Å². The molecule has 0 radical (unpaired) electrons. The largest absolute Gasteiger partial charge is 0.430 e. The third kappa shape index (κ3) is 4.94. The van der Waals surface area contributed by atoms with E-state index in [1.165, 1.54) is 0 Å². The van der Waals surface area contributed by atoms with Gasteiger partial charge < -0.3 is 10.0 Å². The van der Waals surface area contributed by atoms with Gasteiger partial charge in [-0.1, -0.05) is 56.3 Å². The van der Waals surface area contributed by atoms with Gasteiger partial charge in [0.05, 0.1) is 0 Å². The molecule has 2 nitrogen and oxygen atoms in total. The first-order valence-electron chi connectivity index (χ1n) is 8.18. The number of benzene rings is 2. The SMILES string of the molecule is CC.CN(Cc1ccccc1)c1ccc(C(O)(C(F)(F)F)C(F)(F)F)cc1. The Hall–Kier alpha value is -2.22. The summed E-state index contributed by atoms with van der Waals surface area (Å²) in [4.78, 5) is 1.67. The third-order valence-corrected chi connectivity index (χ3v) is 3.81. The lowest BCUT2D eigenvalue weighted by Crippen LogP contribution is -2.53. The summed E-state index contributed by atoms with van der Waals surface area (Å²) in [5.74, 6) is 0. The van der Waals surface area contributed by atoms with Gasteiger partial charge in [0.15, 0.2) is 0 Å². The number of aliphatic hydroxyl groups is 1. The van der Waals surface area contributed by atoms with Gasteiger partial charge in [0, 0.05) is 24.8 Å². The maximum Gasteiger partial charge on any atom is 0.430 e. The first-order chi connectivity index (χ1) is 12.5. The van der Waals surface area contributed by atoms with E-state index in [2.05, 4.69) is 0 Å². The second-order valence-corrected chi connectivity index (χ2v) is 5.59. The molecule has 0 atom stereocenters. The first kappa shape index (κ1) is 22.8. The predicted molar refractivity (Wildman–Crippen MR) is 92.3 cm³/mol. The first-order valence-corrected chi connectivity index (χ1v) is 8.18.